The van der Waals surface area contributed by atoms with Crippen LogP contribution in [0.3, 0.4) is 0 Å². The molecule has 0 atom stereocenters. The van der Waals surface area contributed by atoms with Crippen LogP contribution in [-0.4, -0.2) is 24.2 Å². The average molecular weight is 849 g/mol. The molecule has 0 heterocycles. The van der Waals surface area contributed by atoms with Crippen LogP contribution in [0.4, 0.5) is 0 Å². The first-order valence-electron chi connectivity index (χ1n) is 11.2. The fraction of sp³-hybridized carbons (Fsp3) is 0. The fourth-order valence-corrected chi connectivity index (χ4v) is 5.50. The third kappa shape index (κ3) is 10.8. The van der Waals surface area contributed by atoms with Crippen molar-refractivity contribution >= 4 is 88.0 Å². The SMILES string of the molecule is O=C(N/N=C\c1cc(Br)cc(Br)c1[O-])c1ccccc1.O=C(N/N=C\c1cc(Br)cc(Br)c1[O-])c1ccccc1.[Mn+2]. The normalized spacial score (nSPS) is 10.4. The molecule has 4 aromatic carbocycles. The molecule has 0 bridgehead atoms. The Balaban J connectivity index is 0.000000280. The quantitative estimate of drug-likeness (QED) is 0.138. The molecule has 1 radical (unpaired) electrons. The average Bonchev–Trinajstić information content (AvgIpc) is 2.95. The van der Waals surface area contributed by atoms with E-state index in [1.165, 1.54) is 12.4 Å². The van der Waals surface area contributed by atoms with Crippen molar-refractivity contribution in [3.05, 3.63) is 125 Å². The van der Waals surface area contributed by atoms with E-state index in [-0.39, 0.29) is 40.4 Å². The van der Waals surface area contributed by atoms with Crippen molar-refractivity contribution in [2.24, 2.45) is 10.2 Å². The predicted octanol–water partition coefficient (Wildman–Crippen LogP) is 6.10. The Hall–Kier alpha value is -2.80. The number of rotatable bonds is 6. The number of carbonyl (C=O) groups excluding carboxylic acids is 2. The molecule has 0 aromatic heterocycles. The molecule has 2 amide bonds. The summed E-state index contributed by atoms with van der Waals surface area (Å²) in [4.78, 5) is 23.5. The number of hydrogen-bond acceptors (Lipinski definition) is 6. The number of benzene rings is 4. The number of halogens is 4. The van der Waals surface area contributed by atoms with Crippen LogP contribution < -0.4 is 21.1 Å². The van der Waals surface area contributed by atoms with E-state index in [1.54, 1.807) is 72.8 Å². The summed E-state index contributed by atoms with van der Waals surface area (Å²) in [5.41, 5.74) is 6.50. The van der Waals surface area contributed by atoms with Gasteiger partial charge in [0.05, 0.1) is 12.4 Å². The van der Waals surface area contributed by atoms with Gasteiger partial charge in [0.25, 0.3) is 11.8 Å². The third-order valence-corrected chi connectivity index (χ3v) is 6.98. The van der Waals surface area contributed by atoms with Gasteiger partial charge in [0.1, 0.15) is 0 Å². The maximum atomic E-state index is 11.8. The Morgan fingerprint density at radius 1 is 0.610 bits per heavy atom. The molecule has 4 rings (SSSR count). The molecule has 4 aromatic rings. The monoisotopic (exact) mass is 845 g/mol. The molecule has 2 N–H and O–H groups in total. The molecule has 0 unspecified atom stereocenters. The van der Waals surface area contributed by atoms with Gasteiger partial charge in [-0.2, -0.15) is 10.2 Å². The summed E-state index contributed by atoms with van der Waals surface area (Å²) < 4.78 is 2.37. The molecule has 209 valence electrons. The van der Waals surface area contributed by atoms with E-state index in [1.807, 2.05) is 12.1 Å². The maximum Gasteiger partial charge on any atom is 2.00 e. The van der Waals surface area contributed by atoms with Gasteiger partial charge < -0.3 is 10.2 Å². The fourth-order valence-electron chi connectivity index (χ4n) is 2.98. The van der Waals surface area contributed by atoms with Crippen molar-refractivity contribution in [2.75, 3.05) is 0 Å². The van der Waals surface area contributed by atoms with Crippen molar-refractivity contribution < 1.29 is 36.9 Å². The van der Waals surface area contributed by atoms with Crippen LogP contribution in [0.2, 0.25) is 0 Å². The van der Waals surface area contributed by atoms with E-state index in [0.29, 0.717) is 31.2 Å². The summed E-state index contributed by atoms with van der Waals surface area (Å²) in [6, 6.07) is 24.0. The Morgan fingerprint density at radius 2 is 0.951 bits per heavy atom. The Labute approximate surface area is 280 Å². The first kappa shape index (κ1) is 34.4. The zero-order chi connectivity index (χ0) is 29.1. The summed E-state index contributed by atoms with van der Waals surface area (Å²) in [7, 11) is 0. The van der Waals surface area contributed by atoms with Gasteiger partial charge in [-0.1, -0.05) is 112 Å². The van der Waals surface area contributed by atoms with Crippen LogP contribution in [0.25, 0.3) is 0 Å². The zero-order valence-electron chi connectivity index (χ0n) is 20.7. The van der Waals surface area contributed by atoms with E-state index in [4.69, 9.17) is 0 Å². The first-order valence-corrected chi connectivity index (χ1v) is 14.4. The van der Waals surface area contributed by atoms with E-state index < -0.39 is 0 Å². The van der Waals surface area contributed by atoms with Crippen LogP contribution >= 0.6 is 63.7 Å². The smallest absolute Gasteiger partial charge is 0.871 e. The van der Waals surface area contributed by atoms with Crippen molar-refractivity contribution in [1.82, 2.24) is 10.9 Å². The van der Waals surface area contributed by atoms with Gasteiger partial charge in [0.15, 0.2) is 0 Å². The minimum atomic E-state index is -0.330. The standard InChI is InChI=1S/2C14H10Br2N2O2.Mn/c2*15-11-6-10(13(19)12(16)7-11)8-17-18-14(20)9-4-2-1-3-5-9;/h2*1-8,19H,(H,18,20);/q;;+2/p-2/b2*17-8-;. The van der Waals surface area contributed by atoms with E-state index in [2.05, 4.69) is 84.8 Å². The van der Waals surface area contributed by atoms with Gasteiger partial charge in [-0.25, -0.2) is 10.9 Å². The number of hydrogen-bond donors (Lipinski definition) is 2. The Morgan fingerprint density at radius 3 is 1.29 bits per heavy atom. The summed E-state index contributed by atoms with van der Waals surface area (Å²) in [5, 5.41) is 31.2. The Kier molecular flexibility index (Phi) is 14.5. The van der Waals surface area contributed by atoms with E-state index in [9.17, 15) is 19.8 Å². The minimum absolute atomic E-state index is 0. The number of nitrogens with zero attached hydrogens (tertiary/aromatic N) is 2. The summed E-state index contributed by atoms with van der Waals surface area (Å²) in [6.45, 7) is 0. The maximum absolute atomic E-state index is 11.8. The molecule has 41 heavy (non-hydrogen) atoms. The van der Waals surface area contributed by atoms with Gasteiger partial charge in [-0.05, 0) is 59.7 Å². The predicted molar refractivity (Wildman–Crippen MR) is 166 cm³/mol. The molecule has 0 aliphatic rings. The molecule has 0 saturated carbocycles. The third-order valence-electron chi connectivity index (χ3n) is 4.89. The molecule has 0 saturated heterocycles. The summed E-state index contributed by atoms with van der Waals surface area (Å²) in [5.74, 6) is -1.04. The number of amides is 2. The van der Waals surface area contributed by atoms with Crippen molar-refractivity contribution in [2.45, 2.75) is 0 Å². The molecule has 0 aliphatic carbocycles. The molecular weight excluding hydrogens is 831 g/mol. The first-order chi connectivity index (χ1) is 19.2. The molecular formula is C28H18Br4MnN4O4. The van der Waals surface area contributed by atoms with Gasteiger partial charge in [0, 0.05) is 29.0 Å². The molecule has 0 fully saturated rings. The van der Waals surface area contributed by atoms with Gasteiger partial charge >= 0.3 is 17.1 Å². The van der Waals surface area contributed by atoms with Crippen LogP contribution in [0, 0.1) is 0 Å². The largest absolute Gasteiger partial charge is 2.00 e. The van der Waals surface area contributed by atoms with Crippen molar-refractivity contribution in [3.8, 4) is 11.5 Å². The van der Waals surface area contributed by atoms with Gasteiger partial charge in [-0.15, -0.1) is 0 Å². The second-order valence-electron chi connectivity index (χ2n) is 7.74. The van der Waals surface area contributed by atoms with Crippen LogP contribution in [0.1, 0.15) is 31.8 Å². The molecule has 0 spiro atoms. The van der Waals surface area contributed by atoms with Gasteiger partial charge in [-0.3, -0.25) is 9.59 Å². The van der Waals surface area contributed by atoms with Crippen molar-refractivity contribution in [3.63, 3.8) is 0 Å². The second kappa shape index (κ2) is 17.2. The van der Waals surface area contributed by atoms with E-state index in [0.717, 1.165) is 8.95 Å². The number of nitrogens with one attached hydrogen (secondary N) is 2. The molecule has 0 aliphatic heterocycles. The minimum Gasteiger partial charge on any atom is -0.871 e. The topological polar surface area (TPSA) is 129 Å². The van der Waals surface area contributed by atoms with Crippen LogP contribution in [0.15, 0.2) is 113 Å². The van der Waals surface area contributed by atoms with Crippen LogP contribution in [0.5, 0.6) is 11.5 Å². The number of hydrazone groups is 2. The van der Waals surface area contributed by atoms with Crippen LogP contribution in [-0.2, 0) is 17.1 Å². The summed E-state index contributed by atoms with van der Waals surface area (Å²) >= 11 is 12.9. The van der Waals surface area contributed by atoms with Crippen molar-refractivity contribution in [1.29, 1.82) is 0 Å². The van der Waals surface area contributed by atoms with Gasteiger partial charge in [0.2, 0.25) is 0 Å². The summed E-state index contributed by atoms with van der Waals surface area (Å²) in [6.07, 6.45) is 2.64. The zero-order valence-corrected chi connectivity index (χ0v) is 28.2. The van der Waals surface area contributed by atoms with E-state index >= 15 is 0 Å². The Bertz CT molecular complexity index is 1440. The number of carbonyl (C=O) groups is 2. The molecule has 13 heteroatoms. The molecule has 8 nitrogen and oxygen atoms in total. The second-order valence-corrected chi connectivity index (χ2v) is 11.3.